The van der Waals surface area contributed by atoms with Crippen molar-refractivity contribution in [3.05, 3.63) is 81.9 Å². The van der Waals surface area contributed by atoms with Gasteiger partial charge in [0.15, 0.2) is 5.82 Å². The Bertz CT molecular complexity index is 1000. The third-order valence-corrected chi connectivity index (χ3v) is 5.05. The van der Waals surface area contributed by atoms with Crippen LogP contribution in [0.2, 0.25) is 0 Å². The summed E-state index contributed by atoms with van der Waals surface area (Å²) in [7, 11) is 0. The smallest absolute Gasteiger partial charge is 0.251 e. The van der Waals surface area contributed by atoms with Gasteiger partial charge in [-0.2, -0.15) is 0 Å². The van der Waals surface area contributed by atoms with Crippen molar-refractivity contribution in [3.8, 4) is 11.5 Å². The molecule has 0 bridgehead atoms. The first-order valence-electron chi connectivity index (χ1n) is 9.31. The highest BCUT2D eigenvalue weighted by molar-refractivity contribution is 5.48. The Morgan fingerprint density at radius 3 is 2.68 bits per heavy atom. The number of pyridine rings is 1. The van der Waals surface area contributed by atoms with Gasteiger partial charge in [0, 0.05) is 24.4 Å². The van der Waals surface area contributed by atoms with Crippen molar-refractivity contribution >= 4 is 0 Å². The second kappa shape index (κ2) is 7.98. The van der Waals surface area contributed by atoms with Crippen LogP contribution >= 0.6 is 0 Å². The zero-order chi connectivity index (χ0) is 19.5. The van der Waals surface area contributed by atoms with Gasteiger partial charge in [-0.05, 0) is 43.7 Å². The molecular weight excluding hydrogens is 362 g/mol. The fraction of sp³-hybridized carbons (Fsp3) is 0.286. The lowest BCUT2D eigenvalue weighted by Crippen LogP contribution is -2.34. The van der Waals surface area contributed by atoms with E-state index in [0.29, 0.717) is 23.8 Å². The molecule has 7 heteroatoms. The summed E-state index contributed by atoms with van der Waals surface area (Å²) >= 11 is 0. The van der Waals surface area contributed by atoms with E-state index in [-0.39, 0.29) is 23.7 Å². The summed E-state index contributed by atoms with van der Waals surface area (Å²) in [5.41, 5.74) is 0.947. The molecule has 2 aromatic heterocycles. The number of nitrogens with one attached hydrogen (secondary N) is 1. The van der Waals surface area contributed by atoms with Crippen molar-refractivity contribution in [2.75, 3.05) is 6.54 Å². The molecular formula is C21H20F2N4O. The summed E-state index contributed by atoms with van der Waals surface area (Å²) in [6.45, 7) is 0.822. The molecule has 3 heterocycles. The standard InChI is InChI=1S/C21H20F2N4O/c22-15-6-5-7-16(23)14(15)13-27-11-4-2-9-19(27)18-12-20(28)26-21(25-18)17-8-1-3-10-24-17/h1,3,5-8,10,12,19H,2,4,9,11,13H2,(H,25,26,28)/t19-/m1/s1. The summed E-state index contributed by atoms with van der Waals surface area (Å²) in [5, 5.41) is 0. The number of hydrogen-bond acceptors (Lipinski definition) is 4. The van der Waals surface area contributed by atoms with E-state index in [4.69, 9.17) is 0 Å². The molecule has 1 aromatic carbocycles. The lowest BCUT2D eigenvalue weighted by atomic mass is 9.98. The lowest BCUT2D eigenvalue weighted by molar-refractivity contribution is 0.134. The van der Waals surface area contributed by atoms with E-state index in [0.717, 1.165) is 19.3 Å². The average Bonchev–Trinajstić information content (AvgIpc) is 2.71. The quantitative estimate of drug-likeness (QED) is 0.745. The molecule has 3 aromatic rings. The summed E-state index contributed by atoms with van der Waals surface area (Å²) in [4.78, 5) is 25.8. The van der Waals surface area contributed by atoms with Gasteiger partial charge < -0.3 is 4.98 Å². The Kier molecular flexibility index (Phi) is 5.25. The number of H-pyrrole nitrogens is 1. The molecule has 1 atom stereocenters. The molecule has 0 spiro atoms. The van der Waals surface area contributed by atoms with E-state index in [1.54, 1.807) is 18.3 Å². The van der Waals surface area contributed by atoms with Gasteiger partial charge in [-0.25, -0.2) is 13.8 Å². The Morgan fingerprint density at radius 1 is 1.11 bits per heavy atom. The van der Waals surface area contributed by atoms with Crippen molar-refractivity contribution in [2.45, 2.75) is 31.8 Å². The number of likely N-dealkylation sites (tertiary alicyclic amines) is 1. The highest BCUT2D eigenvalue weighted by Gasteiger charge is 2.27. The molecule has 1 N–H and O–H groups in total. The molecule has 1 aliphatic rings. The Morgan fingerprint density at radius 2 is 1.93 bits per heavy atom. The van der Waals surface area contributed by atoms with Crippen LogP contribution in [0.5, 0.6) is 0 Å². The van der Waals surface area contributed by atoms with Crippen LogP contribution in [-0.2, 0) is 6.54 Å². The molecule has 4 rings (SSSR count). The predicted molar refractivity (Wildman–Crippen MR) is 101 cm³/mol. The van der Waals surface area contributed by atoms with Crippen LogP contribution in [0.25, 0.3) is 11.5 Å². The zero-order valence-corrected chi connectivity index (χ0v) is 15.2. The number of halogens is 2. The Hall–Kier alpha value is -2.93. The Labute approximate surface area is 161 Å². The highest BCUT2D eigenvalue weighted by Crippen LogP contribution is 2.32. The first kappa shape index (κ1) is 18.4. The minimum Gasteiger partial charge on any atom is -0.305 e. The second-order valence-electron chi connectivity index (χ2n) is 6.92. The van der Waals surface area contributed by atoms with Crippen LogP contribution in [0.4, 0.5) is 8.78 Å². The van der Waals surface area contributed by atoms with Gasteiger partial charge in [0.05, 0.1) is 11.7 Å². The maximum atomic E-state index is 14.1. The van der Waals surface area contributed by atoms with Crippen molar-refractivity contribution < 1.29 is 8.78 Å². The number of nitrogens with zero attached hydrogens (tertiary/aromatic N) is 3. The maximum Gasteiger partial charge on any atom is 0.251 e. The molecule has 1 saturated heterocycles. The van der Waals surface area contributed by atoms with Crippen LogP contribution < -0.4 is 5.56 Å². The SMILES string of the molecule is O=c1cc([C@H]2CCCCN2Cc2c(F)cccc2F)nc(-c2ccccn2)[nH]1. The molecule has 0 aliphatic carbocycles. The number of rotatable bonds is 4. The molecule has 0 saturated carbocycles. The summed E-state index contributed by atoms with van der Waals surface area (Å²) in [6, 6.07) is 10.6. The number of hydrogen-bond donors (Lipinski definition) is 1. The van der Waals surface area contributed by atoms with Crippen molar-refractivity contribution in [3.63, 3.8) is 0 Å². The average molecular weight is 382 g/mol. The van der Waals surface area contributed by atoms with Crippen molar-refractivity contribution in [1.29, 1.82) is 0 Å². The second-order valence-corrected chi connectivity index (χ2v) is 6.92. The lowest BCUT2D eigenvalue weighted by Gasteiger charge is -2.35. The van der Waals surface area contributed by atoms with Crippen LogP contribution in [-0.4, -0.2) is 26.4 Å². The minimum absolute atomic E-state index is 0.0455. The van der Waals surface area contributed by atoms with E-state index >= 15 is 0 Å². The van der Waals surface area contributed by atoms with E-state index < -0.39 is 11.6 Å². The molecule has 28 heavy (non-hydrogen) atoms. The monoisotopic (exact) mass is 382 g/mol. The topological polar surface area (TPSA) is 61.9 Å². The number of benzene rings is 1. The first-order chi connectivity index (χ1) is 13.6. The predicted octanol–water partition coefficient (Wildman–Crippen LogP) is 3.84. The Balaban J connectivity index is 1.68. The minimum atomic E-state index is -0.558. The van der Waals surface area contributed by atoms with Gasteiger partial charge in [0.2, 0.25) is 0 Å². The van der Waals surface area contributed by atoms with Crippen LogP contribution in [0.3, 0.4) is 0 Å². The van der Waals surface area contributed by atoms with Gasteiger partial charge in [0.25, 0.3) is 5.56 Å². The normalized spacial score (nSPS) is 17.6. The fourth-order valence-electron chi connectivity index (χ4n) is 3.67. The molecule has 5 nitrogen and oxygen atoms in total. The van der Waals surface area contributed by atoms with Crippen LogP contribution in [0, 0.1) is 11.6 Å². The molecule has 1 aliphatic heterocycles. The van der Waals surface area contributed by atoms with E-state index in [1.807, 2.05) is 11.0 Å². The van der Waals surface area contributed by atoms with Gasteiger partial charge in [-0.15, -0.1) is 0 Å². The maximum absolute atomic E-state index is 14.1. The first-order valence-corrected chi connectivity index (χ1v) is 9.31. The molecule has 1 fully saturated rings. The largest absolute Gasteiger partial charge is 0.305 e. The summed E-state index contributed by atoms with van der Waals surface area (Å²) in [6.07, 6.45) is 4.31. The van der Waals surface area contributed by atoms with E-state index in [2.05, 4.69) is 15.0 Å². The molecule has 0 amide bonds. The third-order valence-electron chi connectivity index (χ3n) is 5.05. The fourth-order valence-corrected chi connectivity index (χ4v) is 3.67. The van der Waals surface area contributed by atoms with E-state index in [9.17, 15) is 13.6 Å². The van der Waals surface area contributed by atoms with Gasteiger partial charge >= 0.3 is 0 Å². The number of piperidine rings is 1. The third kappa shape index (κ3) is 3.84. The number of aromatic nitrogens is 3. The number of aromatic amines is 1. The van der Waals surface area contributed by atoms with Gasteiger partial charge in [-0.1, -0.05) is 18.6 Å². The van der Waals surface area contributed by atoms with Crippen LogP contribution in [0.1, 0.15) is 36.6 Å². The summed E-state index contributed by atoms with van der Waals surface area (Å²) < 4.78 is 28.3. The van der Waals surface area contributed by atoms with Crippen molar-refractivity contribution in [1.82, 2.24) is 19.9 Å². The zero-order valence-electron chi connectivity index (χ0n) is 15.2. The molecule has 0 radical (unpaired) electrons. The van der Waals surface area contributed by atoms with Crippen LogP contribution in [0.15, 0.2) is 53.5 Å². The highest BCUT2D eigenvalue weighted by atomic mass is 19.1. The van der Waals surface area contributed by atoms with E-state index in [1.165, 1.54) is 24.3 Å². The van der Waals surface area contributed by atoms with Crippen molar-refractivity contribution in [2.24, 2.45) is 0 Å². The van der Waals surface area contributed by atoms with Gasteiger partial charge in [0.1, 0.15) is 17.3 Å². The molecule has 0 unspecified atom stereocenters. The van der Waals surface area contributed by atoms with Gasteiger partial charge in [-0.3, -0.25) is 14.7 Å². The molecule has 144 valence electrons. The summed E-state index contributed by atoms with van der Waals surface area (Å²) in [5.74, 6) is -0.722.